The zero-order valence-corrected chi connectivity index (χ0v) is 15.6. The van der Waals surface area contributed by atoms with Gasteiger partial charge in [-0.15, -0.1) is 0 Å². The van der Waals surface area contributed by atoms with Crippen molar-refractivity contribution in [2.45, 2.75) is 63.8 Å². The van der Waals surface area contributed by atoms with Gasteiger partial charge in [-0.2, -0.15) is 0 Å². The van der Waals surface area contributed by atoms with Crippen LogP contribution in [0.4, 0.5) is 5.69 Å². The predicted molar refractivity (Wildman–Crippen MR) is 104 cm³/mol. The molecule has 1 saturated heterocycles. The number of benzene rings is 1. The molecule has 26 heavy (non-hydrogen) atoms. The molecular formula is C21H31N3O2. The molecule has 1 aliphatic carbocycles. The van der Waals surface area contributed by atoms with Crippen LogP contribution in [0.1, 0.15) is 68.1 Å². The second kappa shape index (κ2) is 9.72. The van der Waals surface area contributed by atoms with Gasteiger partial charge in [-0.1, -0.05) is 44.2 Å². The summed E-state index contributed by atoms with van der Waals surface area (Å²) in [7, 11) is 0. The minimum Gasteiger partial charge on any atom is -0.349 e. The zero-order chi connectivity index (χ0) is 18.2. The maximum absolute atomic E-state index is 12.6. The first-order valence-electron chi connectivity index (χ1n) is 10.1. The SMILES string of the molecule is O=C(CN1CCCCCCC1)Nc1ccccc1C(=O)NC1CCCC1. The van der Waals surface area contributed by atoms with Gasteiger partial charge in [0.2, 0.25) is 5.91 Å². The average molecular weight is 357 g/mol. The van der Waals surface area contributed by atoms with E-state index in [1.54, 1.807) is 6.07 Å². The second-order valence-corrected chi connectivity index (χ2v) is 7.59. The molecule has 2 N–H and O–H groups in total. The van der Waals surface area contributed by atoms with Gasteiger partial charge in [0, 0.05) is 6.04 Å². The van der Waals surface area contributed by atoms with Crippen molar-refractivity contribution in [1.82, 2.24) is 10.2 Å². The molecule has 0 aromatic heterocycles. The number of amides is 2. The van der Waals surface area contributed by atoms with Crippen LogP contribution >= 0.6 is 0 Å². The standard InChI is InChI=1S/C21H31N3O2/c25-20(16-24-14-8-2-1-3-9-15-24)23-19-13-7-6-12-18(19)21(26)22-17-10-4-5-11-17/h6-7,12-13,17H,1-5,8-11,14-16H2,(H,22,26)(H,23,25). The lowest BCUT2D eigenvalue weighted by Crippen LogP contribution is -2.36. The lowest BCUT2D eigenvalue weighted by Gasteiger charge is -2.24. The van der Waals surface area contributed by atoms with Gasteiger partial charge in [0.15, 0.2) is 0 Å². The number of carbonyl (C=O) groups is 2. The van der Waals surface area contributed by atoms with Gasteiger partial charge >= 0.3 is 0 Å². The van der Waals surface area contributed by atoms with Crippen molar-refractivity contribution in [3.8, 4) is 0 Å². The fourth-order valence-electron chi connectivity index (χ4n) is 3.99. The molecule has 3 rings (SSSR count). The van der Waals surface area contributed by atoms with Crippen LogP contribution in [0.15, 0.2) is 24.3 Å². The number of rotatable bonds is 5. The van der Waals surface area contributed by atoms with E-state index in [4.69, 9.17) is 0 Å². The van der Waals surface area contributed by atoms with Crippen LogP contribution in [0.5, 0.6) is 0 Å². The lowest BCUT2D eigenvalue weighted by molar-refractivity contribution is -0.117. The molecule has 0 unspecified atom stereocenters. The average Bonchev–Trinajstić information content (AvgIpc) is 3.10. The van der Waals surface area contributed by atoms with E-state index in [2.05, 4.69) is 15.5 Å². The Morgan fingerprint density at radius 2 is 1.58 bits per heavy atom. The van der Waals surface area contributed by atoms with Gasteiger partial charge in [-0.3, -0.25) is 14.5 Å². The fraction of sp³-hybridized carbons (Fsp3) is 0.619. The van der Waals surface area contributed by atoms with Crippen molar-refractivity contribution in [3.05, 3.63) is 29.8 Å². The monoisotopic (exact) mass is 357 g/mol. The van der Waals surface area contributed by atoms with Crippen LogP contribution in [0.3, 0.4) is 0 Å². The summed E-state index contributed by atoms with van der Waals surface area (Å²) < 4.78 is 0. The highest BCUT2D eigenvalue weighted by atomic mass is 16.2. The molecule has 1 heterocycles. The molecule has 5 heteroatoms. The Balaban J connectivity index is 1.58. The van der Waals surface area contributed by atoms with E-state index in [-0.39, 0.29) is 17.9 Å². The van der Waals surface area contributed by atoms with Crippen LogP contribution < -0.4 is 10.6 Å². The summed E-state index contributed by atoms with van der Waals surface area (Å²) >= 11 is 0. The van der Waals surface area contributed by atoms with E-state index in [9.17, 15) is 9.59 Å². The van der Waals surface area contributed by atoms with Crippen molar-refractivity contribution in [1.29, 1.82) is 0 Å². The first kappa shape index (κ1) is 18.9. The largest absolute Gasteiger partial charge is 0.349 e. The summed E-state index contributed by atoms with van der Waals surface area (Å²) in [5.41, 5.74) is 1.17. The topological polar surface area (TPSA) is 61.4 Å². The summed E-state index contributed by atoms with van der Waals surface area (Å²) in [6, 6.07) is 7.58. The van der Waals surface area contributed by atoms with E-state index in [1.807, 2.05) is 18.2 Å². The molecule has 2 amide bonds. The Morgan fingerprint density at radius 1 is 0.923 bits per heavy atom. The van der Waals surface area contributed by atoms with Gasteiger partial charge in [0.05, 0.1) is 17.8 Å². The summed E-state index contributed by atoms with van der Waals surface area (Å²) in [6.45, 7) is 2.37. The van der Waals surface area contributed by atoms with E-state index in [1.165, 1.54) is 32.1 Å². The van der Waals surface area contributed by atoms with E-state index in [0.29, 0.717) is 17.8 Å². The van der Waals surface area contributed by atoms with Crippen molar-refractivity contribution in [3.63, 3.8) is 0 Å². The lowest BCUT2D eigenvalue weighted by atomic mass is 10.1. The number of likely N-dealkylation sites (tertiary alicyclic amines) is 1. The Morgan fingerprint density at radius 3 is 2.31 bits per heavy atom. The third-order valence-corrected chi connectivity index (χ3v) is 5.45. The van der Waals surface area contributed by atoms with Crippen LogP contribution in [-0.4, -0.2) is 42.4 Å². The maximum atomic E-state index is 12.6. The van der Waals surface area contributed by atoms with Crippen molar-refractivity contribution < 1.29 is 9.59 Å². The molecule has 1 aromatic rings. The number of nitrogens with zero attached hydrogens (tertiary/aromatic N) is 1. The van der Waals surface area contributed by atoms with Crippen molar-refractivity contribution in [2.24, 2.45) is 0 Å². The molecule has 2 fully saturated rings. The normalized spacial score (nSPS) is 19.5. The molecule has 0 spiro atoms. The Labute approximate surface area is 156 Å². The van der Waals surface area contributed by atoms with Crippen molar-refractivity contribution >= 4 is 17.5 Å². The predicted octanol–water partition coefficient (Wildman–Crippen LogP) is 3.56. The summed E-state index contributed by atoms with van der Waals surface area (Å²) in [4.78, 5) is 27.3. The van der Waals surface area contributed by atoms with Gasteiger partial charge in [0.25, 0.3) is 5.91 Å². The molecule has 142 valence electrons. The summed E-state index contributed by atoms with van der Waals surface area (Å²) in [5, 5.41) is 6.06. The van der Waals surface area contributed by atoms with Gasteiger partial charge in [-0.05, 0) is 50.9 Å². The number of nitrogens with one attached hydrogen (secondary N) is 2. The van der Waals surface area contributed by atoms with Gasteiger partial charge in [-0.25, -0.2) is 0 Å². The highest BCUT2D eigenvalue weighted by molar-refractivity contribution is 6.04. The number of hydrogen-bond donors (Lipinski definition) is 2. The van der Waals surface area contributed by atoms with Gasteiger partial charge < -0.3 is 10.6 Å². The molecule has 0 atom stereocenters. The number of anilines is 1. The zero-order valence-electron chi connectivity index (χ0n) is 15.6. The van der Waals surface area contributed by atoms with E-state index >= 15 is 0 Å². The minimum absolute atomic E-state index is 0.0355. The van der Waals surface area contributed by atoms with Gasteiger partial charge in [0.1, 0.15) is 0 Å². The molecule has 5 nitrogen and oxygen atoms in total. The number of para-hydroxylation sites is 1. The molecule has 1 aliphatic heterocycles. The minimum atomic E-state index is -0.0842. The summed E-state index contributed by atoms with van der Waals surface area (Å²) in [6.07, 6.45) is 10.6. The third kappa shape index (κ3) is 5.56. The van der Waals surface area contributed by atoms with E-state index < -0.39 is 0 Å². The quantitative estimate of drug-likeness (QED) is 0.847. The fourth-order valence-corrected chi connectivity index (χ4v) is 3.99. The third-order valence-electron chi connectivity index (χ3n) is 5.45. The van der Waals surface area contributed by atoms with Crippen LogP contribution in [0, 0.1) is 0 Å². The molecule has 2 aliphatic rings. The second-order valence-electron chi connectivity index (χ2n) is 7.59. The first-order chi connectivity index (χ1) is 12.7. The van der Waals surface area contributed by atoms with Crippen molar-refractivity contribution in [2.75, 3.05) is 25.0 Å². The van der Waals surface area contributed by atoms with Crippen LogP contribution in [-0.2, 0) is 4.79 Å². The number of carbonyl (C=O) groups excluding carboxylic acids is 2. The molecule has 0 radical (unpaired) electrons. The Hall–Kier alpha value is -1.88. The first-order valence-corrected chi connectivity index (χ1v) is 10.1. The number of hydrogen-bond acceptors (Lipinski definition) is 3. The molecule has 1 saturated carbocycles. The Kier molecular flexibility index (Phi) is 7.06. The van der Waals surface area contributed by atoms with Crippen LogP contribution in [0.25, 0.3) is 0 Å². The smallest absolute Gasteiger partial charge is 0.253 e. The maximum Gasteiger partial charge on any atom is 0.253 e. The molecule has 0 bridgehead atoms. The Bertz CT molecular complexity index is 603. The van der Waals surface area contributed by atoms with E-state index in [0.717, 1.165) is 38.8 Å². The summed E-state index contributed by atoms with van der Waals surface area (Å²) in [5.74, 6) is -0.120. The highest BCUT2D eigenvalue weighted by Gasteiger charge is 2.20. The van der Waals surface area contributed by atoms with Crippen LogP contribution in [0.2, 0.25) is 0 Å². The molecular weight excluding hydrogens is 326 g/mol. The molecule has 1 aromatic carbocycles. The highest BCUT2D eigenvalue weighted by Crippen LogP contribution is 2.20.